The van der Waals surface area contributed by atoms with Crippen molar-refractivity contribution < 1.29 is 88.9 Å². The molecule has 0 radical (unpaired) electrons. The van der Waals surface area contributed by atoms with Gasteiger partial charge in [0.2, 0.25) is 0 Å². The molecule has 3 N–H and O–H groups in total. The van der Waals surface area contributed by atoms with Crippen molar-refractivity contribution >= 4 is 0 Å². The van der Waals surface area contributed by atoms with Crippen molar-refractivity contribution in [1.29, 1.82) is 0 Å². The molecule has 0 spiro atoms. The van der Waals surface area contributed by atoms with Gasteiger partial charge in [-0.1, -0.05) is 0 Å². The van der Waals surface area contributed by atoms with E-state index in [2.05, 4.69) is 4.74 Å². The van der Waals surface area contributed by atoms with Crippen LogP contribution >= 0.6 is 0 Å². The predicted octanol–water partition coefficient (Wildman–Crippen LogP) is 4.67. The number of halogens is 18. The van der Waals surface area contributed by atoms with E-state index in [9.17, 15) is 79.0 Å². The molecule has 34 heavy (non-hydrogen) atoms. The van der Waals surface area contributed by atoms with Crippen molar-refractivity contribution in [3.05, 3.63) is 0 Å². The average molecular weight is 555 g/mol. The molecule has 0 aromatic heterocycles. The van der Waals surface area contributed by atoms with Crippen LogP contribution in [0.4, 0.5) is 79.0 Å². The van der Waals surface area contributed by atoms with Crippen LogP contribution in [0.2, 0.25) is 0 Å². The second kappa shape index (κ2) is 9.25. The fourth-order valence-electron chi connectivity index (χ4n) is 1.85. The first-order valence-corrected chi connectivity index (χ1v) is 7.91. The number of hydrogen-bond acceptors (Lipinski definition) is 3. The Hall–Kier alpha value is -1.38. The van der Waals surface area contributed by atoms with Crippen LogP contribution in [0, 0.1) is 0 Å². The van der Waals surface area contributed by atoms with Crippen LogP contribution in [-0.2, 0) is 4.74 Å². The molecule has 0 heterocycles. The second-order valence-electron chi connectivity index (χ2n) is 6.48. The molecule has 0 fully saturated rings. The molecule has 3 nitrogen and oxygen atoms in total. The number of hydrogen-bond donors (Lipinski definition) is 2. The quantitative estimate of drug-likeness (QED) is 0.325. The van der Waals surface area contributed by atoms with Gasteiger partial charge in [0.15, 0.2) is 0 Å². The lowest BCUT2D eigenvalue weighted by atomic mass is 9.87. The standard InChI is InChI=1S/C13H11F18NO2/c14-5(15)7(18,19)9(22,23)11(26,27)13(30,31)12(28,29)10(24,25)8(20,21)6(16,17)3-34-2-4(33)1-32/h4-5,33H,1-3,32H2. The Labute approximate surface area is 175 Å². The highest BCUT2D eigenvalue weighted by Gasteiger charge is 2.95. The van der Waals surface area contributed by atoms with Crippen molar-refractivity contribution in [1.82, 2.24) is 0 Å². The molecule has 0 saturated heterocycles. The zero-order chi connectivity index (χ0) is 28.0. The van der Waals surface area contributed by atoms with E-state index in [1.54, 1.807) is 0 Å². The molecule has 1 atom stereocenters. The third kappa shape index (κ3) is 4.58. The fraction of sp³-hybridized carbons (Fsp3) is 1.00. The number of ether oxygens (including phenoxy) is 1. The normalized spacial score (nSPS) is 16.9. The van der Waals surface area contributed by atoms with Crippen LogP contribution in [0.15, 0.2) is 0 Å². The summed E-state index contributed by atoms with van der Waals surface area (Å²) in [6, 6.07) is 0. The molecule has 0 aliphatic carbocycles. The van der Waals surface area contributed by atoms with Crippen molar-refractivity contribution in [2.45, 2.75) is 59.9 Å². The molecule has 21 heteroatoms. The molecule has 0 saturated carbocycles. The summed E-state index contributed by atoms with van der Waals surface area (Å²) in [7, 11) is 0. The Morgan fingerprint density at radius 1 is 0.588 bits per heavy atom. The summed E-state index contributed by atoms with van der Waals surface area (Å²) >= 11 is 0. The summed E-state index contributed by atoms with van der Waals surface area (Å²) < 4.78 is 240. The summed E-state index contributed by atoms with van der Waals surface area (Å²) in [5.41, 5.74) is 4.71. The minimum absolute atomic E-state index is 0.838. The lowest BCUT2D eigenvalue weighted by Crippen LogP contribution is -2.75. The van der Waals surface area contributed by atoms with E-state index in [0.717, 1.165) is 0 Å². The minimum atomic E-state index is -8.78. The van der Waals surface area contributed by atoms with Gasteiger partial charge in [-0.25, -0.2) is 8.78 Å². The number of alkyl halides is 18. The molecule has 0 aromatic carbocycles. The molecule has 0 aliphatic rings. The molecule has 1 unspecified atom stereocenters. The third-order valence-electron chi connectivity index (χ3n) is 3.99. The highest BCUT2D eigenvalue weighted by Crippen LogP contribution is 2.64. The Bertz CT molecular complexity index is 693. The van der Waals surface area contributed by atoms with Gasteiger partial charge in [0.25, 0.3) is 0 Å². The Morgan fingerprint density at radius 2 is 0.912 bits per heavy atom. The van der Waals surface area contributed by atoms with Crippen LogP contribution in [-0.4, -0.2) is 84.8 Å². The molecule has 0 bridgehead atoms. The number of aliphatic hydroxyl groups excluding tert-OH is 1. The van der Waals surface area contributed by atoms with Gasteiger partial charge in [-0.2, -0.15) is 70.2 Å². The van der Waals surface area contributed by atoms with E-state index in [0.29, 0.717) is 0 Å². The topological polar surface area (TPSA) is 55.5 Å². The highest BCUT2D eigenvalue weighted by molar-refractivity contribution is 5.16. The number of nitrogens with two attached hydrogens (primary N) is 1. The first-order valence-electron chi connectivity index (χ1n) is 7.91. The zero-order valence-electron chi connectivity index (χ0n) is 15.5. The lowest BCUT2D eigenvalue weighted by Gasteiger charge is -2.43. The van der Waals surface area contributed by atoms with Crippen LogP contribution in [0.5, 0.6) is 0 Å². The van der Waals surface area contributed by atoms with E-state index < -0.39 is 79.7 Å². The maximum Gasteiger partial charge on any atom is 0.385 e. The second-order valence-corrected chi connectivity index (χ2v) is 6.48. The van der Waals surface area contributed by atoms with Gasteiger partial charge in [0.1, 0.15) is 6.61 Å². The average Bonchev–Trinajstić information content (AvgIpc) is 2.66. The molecule has 206 valence electrons. The number of rotatable bonds is 13. The maximum atomic E-state index is 13.5. The van der Waals surface area contributed by atoms with E-state index in [-0.39, 0.29) is 0 Å². The van der Waals surface area contributed by atoms with Crippen LogP contribution in [0.25, 0.3) is 0 Å². The van der Waals surface area contributed by atoms with E-state index in [1.807, 2.05) is 0 Å². The van der Waals surface area contributed by atoms with Crippen molar-refractivity contribution in [3.8, 4) is 0 Å². The molecule has 0 amide bonds. The maximum absolute atomic E-state index is 13.5. The SMILES string of the molecule is NCC(O)COCC(F)(F)C(F)(F)C(F)(F)C(F)(F)C(F)(F)C(F)(F)C(F)(F)C(F)(F)C(F)F. The summed E-state index contributed by atoms with van der Waals surface area (Å²) in [5, 5.41) is 8.81. The van der Waals surface area contributed by atoms with Gasteiger partial charge >= 0.3 is 53.8 Å². The summed E-state index contributed by atoms with van der Waals surface area (Å²) in [5.74, 6) is -65.1. The van der Waals surface area contributed by atoms with Crippen LogP contribution in [0.3, 0.4) is 0 Å². The Morgan fingerprint density at radius 3 is 1.24 bits per heavy atom. The van der Waals surface area contributed by atoms with Gasteiger partial charge < -0.3 is 15.6 Å². The van der Waals surface area contributed by atoms with E-state index in [4.69, 9.17) is 10.8 Å². The smallest absolute Gasteiger partial charge is 0.385 e. The fourth-order valence-corrected chi connectivity index (χ4v) is 1.85. The minimum Gasteiger partial charge on any atom is -0.389 e. The van der Waals surface area contributed by atoms with Gasteiger partial charge in [0.05, 0.1) is 12.7 Å². The highest BCUT2D eigenvalue weighted by atomic mass is 19.4. The first kappa shape index (κ1) is 32.6. The van der Waals surface area contributed by atoms with Crippen molar-refractivity contribution in [2.24, 2.45) is 5.73 Å². The predicted molar refractivity (Wildman–Crippen MR) is 71.5 cm³/mol. The summed E-state index contributed by atoms with van der Waals surface area (Å²) in [6.07, 6.45) is -7.96. The lowest BCUT2D eigenvalue weighted by molar-refractivity contribution is -0.458. The number of aliphatic hydroxyl groups is 1. The Kier molecular flexibility index (Phi) is 8.87. The van der Waals surface area contributed by atoms with Crippen molar-refractivity contribution in [2.75, 3.05) is 19.8 Å². The Balaban J connectivity index is 6.49. The summed E-state index contributed by atoms with van der Waals surface area (Å²) in [6.45, 7) is -5.42. The van der Waals surface area contributed by atoms with Gasteiger partial charge in [-0.3, -0.25) is 0 Å². The van der Waals surface area contributed by atoms with Gasteiger partial charge in [-0.05, 0) is 0 Å². The van der Waals surface area contributed by atoms with Crippen LogP contribution in [0.1, 0.15) is 0 Å². The van der Waals surface area contributed by atoms with E-state index >= 15 is 0 Å². The molecular formula is C13H11F18NO2. The zero-order valence-corrected chi connectivity index (χ0v) is 15.5. The van der Waals surface area contributed by atoms with Crippen molar-refractivity contribution in [3.63, 3.8) is 0 Å². The molecule has 0 aromatic rings. The largest absolute Gasteiger partial charge is 0.389 e. The van der Waals surface area contributed by atoms with Crippen LogP contribution < -0.4 is 5.73 Å². The molecule has 0 rings (SSSR count). The van der Waals surface area contributed by atoms with Gasteiger partial charge in [0, 0.05) is 6.54 Å². The summed E-state index contributed by atoms with van der Waals surface area (Å²) in [4.78, 5) is 0. The first-order chi connectivity index (χ1) is 14.6. The molecular weight excluding hydrogens is 544 g/mol. The van der Waals surface area contributed by atoms with Gasteiger partial charge in [-0.15, -0.1) is 0 Å². The van der Waals surface area contributed by atoms with E-state index in [1.165, 1.54) is 0 Å². The monoisotopic (exact) mass is 555 g/mol. The third-order valence-corrected chi connectivity index (χ3v) is 3.99. The molecule has 0 aliphatic heterocycles.